The highest BCUT2D eigenvalue weighted by molar-refractivity contribution is 5.09. The number of hydrogen-bond donors (Lipinski definition) is 1. The van der Waals surface area contributed by atoms with E-state index in [-0.39, 0.29) is 0 Å². The normalized spacial score (nSPS) is 27.2. The Balaban J connectivity index is 1.55. The molecule has 1 N–H and O–H groups in total. The summed E-state index contributed by atoms with van der Waals surface area (Å²) in [5, 5.41) is 3.45. The van der Waals surface area contributed by atoms with E-state index in [1.54, 1.807) is 6.20 Å². The third-order valence-electron chi connectivity index (χ3n) is 3.99. The molecular weight excluding hydrogens is 238 g/mol. The lowest BCUT2D eigenvalue weighted by Gasteiger charge is -2.26. The maximum atomic E-state index is 5.99. The first-order valence-corrected chi connectivity index (χ1v) is 7.50. The fourth-order valence-electron chi connectivity index (χ4n) is 2.72. The van der Waals surface area contributed by atoms with Crippen LogP contribution < -0.4 is 10.1 Å². The van der Waals surface area contributed by atoms with Gasteiger partial charge < -0.3 is 10.1 Å². The van der Waals surface area contributed by atoms with E-state index in [9.17, 15) is 0 Å². The molecule has 2 atom stereocenters. The molecule has 0 saturated heterocycles. The van der Waals surface area contributed by atoms with Crippen LogP contribution in [0.4, 0.5) is 0 Å². The second kappa shape index (κ2) is 5.87. The SMILES string of the molecule is CC1CCCC(Oc2cncc(CNC3CC3)n2)C1. The van der Waals surface area contributed by atoms with Crippen LogP contribution in [0.25, 0.3) is 0 Å². The van der Waals surface area contributed by atoms with Crippen molar-refractivity contribution in [2.24, 2.45) is 5.92 Å². The van der Waals surface area contributed by atoms with Crippen molar-refractivity contribution in [1.82, 2.24) is 15.3 Å². The standard InChI is InChI=1S/C15H23N3O/c1-11-3-2-4-14(7-11)19-15-10-16-8-13(18-15)9-17-12-5-6-12/h8,10-12,14,17H,2-7,9H2,1H3. The first-order valence-electron chi connectivity index (χ1n) is 7.50. The molecule has 4 heteroatoms. The van der Waals surface area contributed by atoms with Gasteiger partial charge in [0.05, 0.1) is 11.9 Å². The molecule has 2 unspecified atom stereocenters. The summed E-state index contributed by atoms with van der Waals surface area (Å²) < 4.78 is 5.99. The lowest BCUT2D eigenvalue weighted by atomic mass is 9.89. The Morgan fingerprint density at radius 2 is 2.16 bits per heavy atom. The number of hydrogen-bond acceptors (Lipinski definition) is 4. The van der Waals surface area contributed by atoms with Crippen LogP contribution in [-0.4, -0.2) is 22.1 Å². The van der Waals surface area contributed by atoms with Crippen molar-refractivity contribution < 1.29 is 4.74 Å². The maximum absolute atomic E-state index is 5.99. The van der Waals surface area contributed by atoms with Gasteiger partial charge in [-0.05, 0) is 38.0 Å². The molecule has 0 radical (unpaired) electrons. The van der Waals surface area contributed by atoms with Gasteiger partial charge in [0, 0.05) is 18.8 Å². The van der Waals surface area contributed by atoms with Gasteiger partial charge in [0.1, 0.15) is 6.10 Å². The van der Waals surface area contributed by atoms with Crippen molar-refractivity contribution in [3.8, 4) is 5.88 Å². The van der Waals surface area contributed by atoms with Crippen molar-refractivity contribution in [3.63, 3.8) is 0 Å². The average Bonchev–Trinajstić information content (AvgIpc) is 3.21. The van der Waals surface area contributed by atoms with Gasteiger partial charge in [-0.1, -0.05) is 13.3 Å². The molecule has 2 fully saturated rings. The van der Waals surface area contributed by atoms with Gasteiger partial charge in [-0.3, -0.25) is 4.98 Å². The van der Waals surface area contributed by atoms with Gasteiger partial charge in [-0.15, -0.1) is 0 Å². The largest absolute Gasteiger partial charge is 0.473 e. The van der Waals surface area contributed by atoms with Crippen LogP contribution >= 0.6 is 0 Å². The molecular formula is C15H23N3O. The lowest BCUT2D eigenvalue weighted by Crippen LogP contribution is -2.25. The van der Waals surface area contributed by atoms with Crippen LogP contribution in [0.2, 0.25) is 0 Å². The predicted octanol–water partition coefficient (Wildman–Crippen LogP) is 2.69. The number of rotatable bonds is 5. The first-order chi connectivity index (χ1) is 9.29. The summed E-state index contributed by atoms with van der Waals surface area (Å²) in [5.41, 5.74) is 0.980. The monoisotopic (exact) mass is 261 g/mol. The minimum Gasteiger partial charge on any atom is -0.473 e. The minimum atomic E-state index is 0.324. The third kappa shape index (κ3) is 3.90. The summed E-state index contributed by atoms with van der Waals surface area (Å²) in [5.74, 6) is 1.46. The summed E-state index contributed by atoms with van der Waals surface area (Å²) in [4.78, 5) is 8.78. The van der Waals surface area contributed by atoms with Crippen molar-refractivity contribution in [1.29, 1.82) is 0 Å². The van der Waals surface area contributed by atoms with E-state index in [0.717, 1.165) is 31.0 Å². The summed E-state index contributed by atoms with van der Waals surface area (Å²) in [6.07, 6.45) is 11.4. The number of nitrogens with one attached hydrogen (secondary N) is 1. The molecule has 0 aromatic carbocycles. The second-order valence-corrected chi connectivity index (χ2v) is 6.02. The average molecular weight is 261 g/mol. The Hall–Kier alpha value is -1.16. The van der Waals surface area contributed by atoms with Crippen LogP contribution in [0.15, 0.2) is 12.4 Å². The van der Waals surface area contributed by atoms with Crippen molar-refractivity contribution in [3.05, 3.63) is 18.1 Å². The zero-order valence-corrected chi connectivity index (χ0v) is 11.6. The molecule has 2 aliphatic rings. The van der Waals surface area contributed by atoms with Crippen LogP contribution in [0.3, 0.4) is 0 Å². The quantitative estimate of drug-likeness (QED) is 0.885. The van der Waals surface area contributed by atoms with Crippen LogP contribution in [0, 0.1) is 5.92 Å². The van der Waals surface area contributed by atoms with E-state index in [0.29, 0.717) is 18.0 Å². The predicted molar refractivity (Wildman–Crippen MR) is 73.9 cm³/mol. The van der Waals surface area contributed by atoms with E-state index < -0.39 is 0 Å². The highest BCUT2D eigenvalue weighted by Gasteiger charge is 2.22. The van der Waals surface area contributed by atoms with Crippen molar-refractivity contribution in [2.45, 2.75) is 64.1 Å². The lowest BCUT2D eigenvalue weighted by molar-refractivity contribution is 0.123. The summed E-state index contributed by atoms with van der Waals surface area (Å²) >= 11 is 0. The van der Waals surface area contributed by atoms with Crippen LogP contribution in [-0.2, 0) is 6.54 Å². The minimum absolute atomic E-state index is 0.324. The molecule has 2 aliphatic carbocycles. The molecule has 1 heterocycles. The molecule has 1 aromatic heterocycles. The molecule has 0 aliphatic heterocycles. The molecule has 3 rings (SSSR count). The van der Waals surface area contributed by atoms with Gasteiger partial charge in [0.2, 0.25) is 5.88 Å². The fraction of sp³-hybridized carbons (Fsp3) is 0.733. The Morgan fingerprint density at radius 3 is 2.95 bits per heavy atom. The summed E-state index contributed by atoms with van der Waals surface area (Å²) in [6.45, 7) is 3.10. The smallest absolute Gasteiger partial charge is 0.232 e. The van der Waals surface area contributed by atoms with Gasteiger partial charge in [-0.2, -0.15) is 0 Å². The van der Waals surface area contributed by atoms with Gasteiger partial charge in [0.15, 0.2) is 0 Å². The third-order valence-corrected chi connectivity index (χ3v) is 3.99. The van der Waals surface area contributed by atoms with E-state index in [1.807, 2.05) is 6.20 Å². The van der Waals surface area contributed by atoms with Crippen molar-refractivity contribution >= 4 is 0 Å². The topological polar surface area (TPSA) is 47.0 Å². The van der Waals surface area contributed by atoms with E-state index in [4.69, 9.17) is 4.74 Å². The number of ether oxygens (including phenoxy) is 1. The van der Waals surface area contributed by atoms with E-state index >= 15 is 0 Å². The van der Waals surface area contributed by atoms with E-state index in [1.165, 1.54) is 25.7 Å². The van der Waals surface area contributed by atoms with Gasteiger partial charge in [-0.25, -0.2) is 4.98 Å². The summed E-state index contributed by atoms with van der Waals surface area (Å²) in [6, 6.07) is 0.700. The molecule has 0 amide bonds. The Morgan fingerprint density at radius 1 is 1.26 bits per heavy atom. The highest BCUT2D eigenvalue weighted by atomic mass is 16.5. The zero-order chi connectivity index (χ0) is 13.1. The van der Waals surface area contributed by atoms with Gasteiger partial charge >= 0.3 is 0 Å². The zero-order valence-electron chi connectivity index (χ0n) is 11.6. The Labute approximate surface area is 115 Å². The van der Waals surface area contributed by atoms with Gasteiger partial charge in [0.25, 0.3) is 0 Å². The van der Waals surface area contributed by atoms with Crippen LogP contribution in [0.5, 0.6) is 5.88 Å². The van der Waals surface area contributed by atoms with Crippen molar-refractivity contribution in [2.75, 3.05) is 0 Å². The van der Waals surface area contributed by atoms with E-state index in [2.05, 4.69) is 22.2 Å². The molecule has 19 heavy (non-hydrogen) atoms. The fourth-order valence-corrected chi connectivity index (χ4v) is 2.72. The maximum Gasteiger partial charge on any atom is 0.232 e. The summed E-state index contributed by atoms with van der Waals surface area (Å²) in [7, 11) is 0. The second-order valence-electron chi connectivity index (χ2n) is 6.02. The highest BCUT2D eigenvalue weighted by Crippen LogP contribution is 2.26. The molecule has 0 spiro atoms. The molecule has 0 bridgehead atoms. The Bertz CT molecular complexity index is 420. The van der Waals surface area contributed by atoms with Crippen LogP contribution in [0.1, 0.15) is 51.1 Å². The molecule has 4 nitrogen and oxygen atoms in total. The Kier molecular flexibility index (Phi) is 3.97. The molecule has 2 saturated carbocycles. The number of nitrogens with zero attached hydrogens (tertiary/aromatic N) is 2. The first kappa shape index (κ1) is 12.9. The molecule has 1 aromatic rings. The number of aromatic nitrogens is 2. The molecule has 104 valence electrons.